The number of aryl methyl sites for hydroxylation is 1. The number of amides is 1. The van der Waals surface area contributed by atoms with Crippen molar-refractivity contribution < 1.29 is 14.3 Å². The Morgan fingerprint density at radius 1 is 1.14 bits per heavy atom. The number of nitrogens with one attached hydrogen (secondary N) is 1. The molecule has 2 aromatic carbocycles. The number of hydrogen-bond acceptors (Lipinski definition) is 4. The van der Waals surface area contributed by atoms with Gasteiger partial charge in [-0.3, -0.25) is 4.79 Å². The monoisotopic (exact) mass is 382 g/mol. The van der Waals surface area contributed by atoms with Gasteiger partial charge in [-0.05, 0) is 42.2 Å². The largest absolute Gasteiger partial charge is 0.387 e. The Kier molecular flexibility index (Phi) is 6.16. The molecule has 1 amide bonds. The molecule has 0 aliphatic carbocycles. The number of nitrogens with zero attached hydrogens (tertiary/aromatic N) is 3. The molecule has 28 heavy (non-hydrogen) atoms. The summed E-state index contributed by atoms with van der Waals surface area (Å²) in [4.78, 5) is 12.4. The van der Waals surface area contributed by atoms with Crippen LogP contribution in [0.4, 0.5) is 4.39 Å². The number of aliphatic hydroxyl groups excluding tert-OH is 1. The van der Waals surface area contributed by atoms with E-state index in [1.54, 1.807) is 11.6 Å². The summed E-state index contributed by atoms with van der Waals surface area (Å²) in [5.74, 6) is -0.789. The van der Waals surface area contributed by atoms with Crippen LogP contribution in [0.1, 0.15) is 45.9 Å². The van der Waals surface area contributed by atoms with Gasteiger partial charge in [-0.25, -0.2) is 9.07 Å². The Balaban J connectivity index is 1.61. The van der Waals surface area contributed by atoms with Gasteiger partial charge in [0.05, 0.1) is 18.3 Å². The number of rotatable bonds is 7. The molecule has 0 bridgehead atoms. The van der Waals surface area contributed by atoms with Crippen LogP contribution in [-0.4, -0.2) is 32.6 Å². The average Bonchev–Trinajstić information content (AvgIpc) is 3.07. The summed E-state index contributed by atoms with van der Waals surface area (Å²) in [7, 11) is 0. The number of aromatic nitrogens is 3. The van der Waals surface area contributed by atoms with E-state index in [1.165, 1.54) is 29.8 Å². The molecular formula is C21H23FN4O2. The minimum Gasteiger partial charge on any atom is -0.387 e. The van der Waals surface area contributed by atoms with Gasteiger partial charge in [0.25, 0.3) is 5.91 Å². The second kappa shape index (κ2) is 8.75. The second-order valence-electron chi connectivity index (χ2n) is 6.63. The number of aliphatic hydroxyl groups is 1. The molecule has 6 nitrogen and oxygen atoms in total. The molecule has 3 aromatic rings. The molecule has 0 spiro atoms. The van der Waals surface area contributed by atoms with Crippen LogP contribution in [0.2, 0.25) is 0 Å². The van der Waals surface area contributed by atoms with Crippen LogP contribution in [0.15, 0.2) is 48.5 Å². The lowest BCUT2D eigenvalue weighted by Crippen LogP contribution is -2.29. The summed E-state index contributed by atoms with van der Waals surface area (Å²) in [6, 6.07) is 13.7. The topological polar surface area (TPSA) is 80.0 Å². The number of benzene rings is 2. The van der Waals surface area contributed by atoms with Crippen LogP contribution in [0, 0.1) is 12.7 Å². The van der Waals surface area contributed by atoms with E-state index in [4.69, 9.17) is 0 Å². The maximum Gasteiger partial charge on any atom is 0.273 e. The molecule has 0 saturated carbocycles. The highest BCUT2D eigenvalue weighted by Gasteiger charge is 2.18. The summed E-state index contributed by atoms with van der Waals surface area (Å²) in [6.07, 6.45) is 0.0495. The highest BCUT2D eigenvalue weighted by atomic mass is 19.1. The van der Waals surface area contributed by atoms with E-state index in [0.29, 0.717) is 17.8 Å². The van der Waals surface area contributed by atoms with Gasteiger partial charge in [0.1, 0.15) is 5.82 Å². The lowest BCUT2D eigenvalue weighted by Gasteiger charge is -2.12. The molecule has 0 fully saturated rings. The third-order valence-corrected chi connectivity index (χ3v) is 4.67. The van der Waals surface area contributed by atoms with Crippen LogP contribution in [0.25, 0.3) is 0 Å². The number of carbonyl (C=O) groups excluding carboxylic acids is 1. The van der Waals surface area contributed by atoms with Crippen molar-refractivity contribution in [3.63, 3.8) is 0 Å². The third kappa shape index (κ3) is 4.61. The fraction of sp³-hybridized carbons (Fsp3) is 0.286. The molecule has 0 radical (unpaired) electrons. The van der Waals surface area contributed by atoms with E-state index < -0.39 is 12.0 Å². The van der Waals surface area contributed by atoms with E-state index >= 15 is 0 Å². The van der Waals surface area contributed by atoms with Gasteiger partial charge in [-0.1, -0.05) is 48.5 Å². The Morgan fingerprint density at radius 3 is 2.43 bits per heavy atom. The summed E-state index contributed by atoms with van der Waals surface area (Å²) in [5.41, 5.74) is 3.73. The van der Waals surface area contributed by atoms with Crippen LogP contribution in [0.5, 0.6) is 0 Å². The zero-order chi connectivity index (χ0) is 20.1. The summed E-state index contributed by atoms with van der Waals surface area (Å²) in [5, 5.41) is 20.8. The van der Waals surface area contributed by atoms with Crippen molar-refractivity contribution >= 4 is 5.91 Å². The Morgan fingerprint density at radius 2 is 1.79 bits per heavy atom. The van der Waals surface area contributed by atoms with Crippen molar-refractivity contribution in [2.45, 2.75) is 32.9 Å². The van der Waals surface area contributed by atoms with E-state index in [1.807, 2.05) is 12.1 Å². The molecule has 0 aliphatic heterocycles. The minimum atomic E-state index is -0.933. The van der Waals surface area contributed by atoms with Gasteiger partial charge in [0.2, 0.25) is 0 Å². The molecule has 3 rings (SSSR count). The Hall–Kier alpha value is -3.06. The maximum atomic E-state index is 13.0. The van der Waals surface area contributed by atoms with Crippen LogP contribution in [-0.2, 0) is 13.0 Å². The molecular weight excluding hydrogens is 359 g/mol. The zero-order valence-corrected chi connectivity index (χ0v) is 15.9. The van der Waals surface area contributed by atoms with Crippen molar-refractivity contribution in [1.29, 1.82) is 0 Å². The predicted octanol–water partition coefficient (Wildman–Crippen LogP) is 2.80. The average molecular weight is 382 g/mol. The summed E-state index contributed by atoms with van der Waals surface area (Å²) in [6.45, 7) is 4.41. The van der Waals surface area contributed by atoms with Gasteiger partial charge >= 0.3 is 0 Å². The molecule has 7 heteroatoms. The number of halogens is 1. The highest BCUT2D eigenvalue weighted by molar-refractivity contribution is 5.93. The normalized spacial score (nSPS) is 12.0. The molecule has 1 heterocycles. The fourth-order valence-corrected chi connectivity index (χ4v) is 2.85. The van der Waals surface area contributed by atoms with Gasteiger partial charge in [0, 0.05) is 6.54 Å². The second-order valence-corrected chi connectivity index (χ2v) is 6.63. The first-order valence-electron chi connectivity index (χ1n) is 9.17. The molecule has 1 unspecified atom stereocenters. The van der Waals surface area contributed by atoms with Crippen molar-refractivity contribution in [3.8, 4) is 0 Å². The lowest BCUT2D eigenvalue weighted by atomic mass is 10.1. The van der Waals surface area contributed by atoms with Gasteiger partial charge in [-0.15, -0.1) is 5.10 Å². The van der Waals surface area contributed by atoms with Crippen molar-refractivity contribution in [2.75, 3.05) is 6.54 Å². The van der Waals surface area contributed by atoms with E-state index in [2.05, 4.69) is 34.7 Å². The lowest BCUT2D eigenvalue weighted by molar-refractivity contribution is 0.0910. The molecule has 146 valence electrons. The van der Waals surface area contributed by atoms with E-state index in [9.17, 15) is 14.3 Å². The zero-order valence-electron chi connectivity index (χ0n) is 15.9. The first-order chi connectivity index (χ1) is 13.5. The minimum absolute atomic E-state index is 0.00472. The smallest absolute Gasteiger partial charge is 0.273 e. The van der Waals surface area contributed by atoms with Gasteiger partial charge in [0.15, 0.2) is 5.69 Å². The maximum absolute atomic E-state index is 13.0. The van der Waals surface area contributed by atoms with E-state index in [0.717, 1.165) is 12.0 Å². The Bertz CT molecular complexity index is 936. The molecule has 0 aliphatic rings. The Labute approximate surface area is 163 Å². The predicted molar refractivity (Wildman–Crippen MR) is 103 cm³/mol. The molecule has 0 saturated heterocycles. The van der Waals surface area contributed by atoms with Crippen molar-refractivity contribution in [1.82, 2.24) is 20.3 Å². The fourth-order valence-electron chi connectivity index (χ4n) is 2.85. The molecule has 1 atom stereocenters. The van der Waals surface area contributed by atoms with Crippen LogP contribution in [0.3, 0.4) is 0 Å². The third-order valence-electron chi connectivity index (χ3n) is 4.67. The summed E-state index contributed by atoms with van der Waals surface area (Å²) < 4.78 is 14.6. The standard InChI is InChI=1S/C21H23FN4O2/c1-3-15-4-6-16(7-5-15)13-26-14(2)20(24-25-26)21(28)23-12-19(27)17-8-10-18(22)11-9-17/h4-11,19,27H,3,12-13H2,1-2H3,(H,23,28). The van der Waals surface area contributed by atoms with E-state index in [-0.39, 0.29) is 18.1 Å². The first kappa shape index (κ1) is 19.7. The molecule has 2 N–H and O–H groups in total. The van der Waals surface area contributed by atoms with Crippen LogP contribution < -0.4 is 5.32 Å². The SMILES string of the molecule is CCc1ccc(Cn2nnc(C(=O)NCC(O)c3ccc(F)cc3)c2C)cc1. The van der Waals surface area contributed by atoms with Crippen molar-refractivity contribution in [3.05, 3.63) is 82.4 Å². The van der Waals surface area contributed by atoms with Gasteiger partial charge < -0.3 is 10.4 Å². The van der Waals surface area contributed by atoms with Gasteiger partial charge in [-0.2, -0.15) is 0 Å². The number of carbonyl (C=O) groups is 1. The quantitative estimate of drug-likeness (QED) is 0.659. The first-order valence-corrected chi connectivity index (χ1v) is 9.17. The van der Waals surface area contributed by atoms with Crippen LogP contribution >= 0.6 is 0 Å². The molecule has 1 aromatic heterocycles. The summed E-state index contributed by atoms with van der Waals surface area (Å²) >= 11 is 0. The van der Waals surface area contributed by atoms with Crippen molar-refractivity contribution in [2.24, 2.45) is 0 Å². The number of hydrogen-bond donors (Lipinski definition) is 2. The highest BCUT2D eigenvalue weighted by Crippen LogP contribution is 2.13.